The summed E-state index contributed by atoms with van der Waals surface area (Å²) in [5, 5.41) is 20.5. The van der Waals surface area contributed by atoms with Crippen LogP contribution in [0.5, 0.6) is 5.75 Å². The van der Waals surface area contributed by atoms with Crippen LogP contribution in [-0.2, 0) is 0 Å². The molecule has 1 aromatic rings. The number of nitrogens with one attached hydrogen (secondary N) is 1. The Morgan fingerprint density at radius 1 is 1.29 bits per heavy atom. The molecule has 0 atom stereocenters. The number of nitriles is 1. The number of hydrogen-bond donors (Lipinski definition) is 2. The lowest BCUT2D eigenvalue weighted by atomic mass is 10.2. The van der Waals surface area contributed by atoms with Crippen LogP contribution in [0.2, 0.25) is 0 Å². The highest BCUT2D eigenvalue weighted by Crippen LogP contribution is 2.32. The fourth-order valence-electron chi connectivity index (χ4n) is 0.630. The summed E-state index contributed by atoms with van der Waals surface area (Å²) in [6.45, 7) is 0. The number of phenols is 1. The monoisotopic (exact) mass is 320 g/mol. The number of hydrogen-bond acceptors (Lipinski definition) is 3. The lowest BCUT2D eigenvalue weighted by molar-refractivity contribution is 0.468. The highest BCUT2D eigenvalue weighted by Gasteiger charge is 2.04. The van der Waals surface area contributed by atoms with E-state index in [1.165, 1.54) is 0 Å². The van der Waals surface area contributed by atoms with Crippen molar-refractivity contribution in [3.63, 3.8) is 0 Å². The maximum absolute atomic E-state index is 9.22. The summed E-state index contributed by atoms with van der Waals surface area (Å²) in [6, 6.07) is 5.08. The number of halogens is 2. The third kappa shape index (κ3) is 4.09. The molecule has 3 nitrogen and oxygen atoms in total. The number of rotatable bonds is 0. The molecule has 0 amide bonds. The van der Waals surface area contributed by atoms with Gasteiger partial charge in [0.05, 0.1) is 20.6 Å². The molecule has 0 aliphatic rings. The first-order valence-corrected chi connectivity index (χ1v) is 5.32. The predicted octanol–water partition coefficient (Wildman–Crippen LogP) is 2.62. The van der Waals surface area contributed by atoms with E-state index in [-0.39, 0.29) is 5.75 Å². The Morgan fingerprint density at radius 2 is 1.64 bits per heavy atom. The van der Waals surface area contributed by atoms with E-state index in [0.717, 1.165) is 0 Å². The third-order valence-corrected chi connectivity index (χ3v) is 2.35. The van der Waals surface area contributed by atoms with Crippen molar-refractivity contribution in [2.24, 2.45) is 0 Å². The van der Waals surface area contributed by atoms with E-state index in [4.69, 9.17) is 5.26 Å². The van der Waals surface area contributed by atoms with Crippen LogP contribution in [0.25, 0.3) is 0 Å². The van der Waals surface area contributed by atoms with Crippen LogP contribution < -0.4 is 5.32 Å². The number of nitrogens with zero attached hydrogens (tertiary/aromatic N) is 1. The Morgan fingerprint density at radius 3 is 1.93 bits per heavy atom. The van der Waals surface area contributed by atoms with Gasteiger partial charge in [-0.3, -0.25) is 0 Å². The van der Waals surface area contributed by atoms with E-state index >= 15 is 0 Å². The first kappa shape index (κ1) is 13.4. The van der Waals surface area contributed by atoms with Crippen molar-refractivity contribution in [3.05, 3.63) is 26.6 Å². The van der Waals surface area contributed by atoms with E-state index in [1.807, 2.05) is 20.2 Å². The Balaban J connectivity index is 0.000000500. The minimum Gasteiger partial charge on any atom is -0.506 e. The SMILES string of the molecule is CNC.N#Cc1cc(Br)c(O)c(Br)c1. The van der Waals surface area contributed by atoms with Gasteiger partial charge in [-0.1, -0.05) is 0 Å². The standard InChI is InChI=1S/C7H3Br2NO.C2H7N/c8-5-1-4(3-10)2-6(9)7(5)11;1-3-2/h1-2,11H;3H,1-2H3. The van der Waals surface area contributed by atoms with Crippen molar-refractivity contribution >= 4 is 31.9 Å². The molecule has 2 N–H and O–H groups in total. The van der Waals surface area contributed by atoms with Gasteiger partial charge in [0.1, 0.15) is 5.75 Å². The molecule has 0 spiro atoms. The molecule has 0 unspecified atom stereocenters. The van der Waals surface area contributed by atoms with Crippen LogP contribution in [0.4, 0.5) is 0 Å². The molecule has 0 aliphatic heterocycles. The molecule has 1 aromatic carbocycles. The highest BCUT2D eigenvalue weighted by atomic mass is 79.9. The van der Waals surface area contributed by atoms with E-state index in [2.05, 4.69) is 37.2 Å². The molecule has 5 heteroatoms. The third-order valence-electron chi connectivity index (χ3n) is 1.15. The Labute approximate surface area is 100 Å². The zero-order valence-electron chi connectivity index (χ0n) is 7.81. The molecule has 0 fully saturated rings. The molecule has 1 rings (SSSR count). The maximum Gasteiger partial charge on any atom is 0.144 e. The van der Waals surface area contributed by atoms with Gasteiger partial charge in [0.2, 0.25) is 0 Å². The summed E-state index contributed by atoms with van der Waals surface area (Å²) in [6.07, 6.45) is 0. The summed E-state index contributed by atoms with van der Waals surface area (Å²) in [5.74, 6) is 0.115. The number of aromatic hydroxyl groups is 1. The first-order valence-electron chi connectivity index (χ1n) is 3.73. The van der Waals surface area contributed by atoms with Crippen LogP contribution in [0.1, 0.15) is 5.56 Å². The molecule has 0 aromatic heterocycles. The fraction of sp³-hybridized carbons (Fsp3) is 0.222. The topological polar surface area (TPSA) is 56.0 Å². The summed E-state index contributed by atoms with van der Waals surface area (Å²) >= 11 is 6.21. The second-order valence-electron chi connectivity index (χ2n) is 2.40. The van der Waals surface area contributed by atoms with Gasteiger partial charge in [-0.2, -0.15) is 5.26 Å². The number of phenolic OH excluding ortho intramolecular Hbond substituents is 1. The van der Waals surface area contributed by atoms with Crippen molar-refractivity contribution < 1.29 is 5.11 Å². The molecular weight excluding hydrogens is 312 g/mol. The van der Waals surface area contributed by atoms with Gasteiger partial charge >= 0.3 is 0 Å². The van der Waals surface area contributed by atoms with E-state index in [1.54, 1.807) is 12.1 Å². The molecule has 0 saturated heterocycles. The summed E-state index contributed by atoms with van der Waals surface area (Å²) in [4.78, 5) is 0. The molecule has 0 bridgehead atoms. The van der Waals surface area contributed by atoms with Gasteiger partial charge in [0, 0.05) is 0 Å². The van der Waals surface area contributed by atoms with E-state index in [9.17, 15) is 5.11 Å². The van der Waals surface area contributed by atoms with Crippen molar-refractivity contribution in [1.29, 1.82) is 5.26 Å². The van der Waals surface area contributed by atoms with Crippen LogP contribution in [0, 0.1) is 11.3 Å². The Bertz CT molecular complexity index is 324. The number of benzene rings is 1. The smallest absolute Gasteiger partial charge is 0.144 e. The second kappa shape index (κ2) is 6.82. The fourth-order valence-corrected chi connectivity index (χ4v) is 1.82. The van der Waals surface area contributed by atoms with Crippen molar-refractivity contribution in [2.75, 3.05) is 14.1 Å². The zero-order valence-corrected chi connectivity index (χ0v) is 11.0. The van der Waals surface area contributed by atoms with E-state index in [0.29, 0.717) is 14.5 Å². The first-order chi connectivity index (χ1) is 6.56. The summed E-state index contributed by atoms with van der Waals surface area (Å²) < 4.78 is 1.03. The predicted molar refractivity (Wildman–Crippen MR) is 63.2 cm³/mol. The summed E-state index contributed by atoms with van der Waals surface area (Å²) in [5.41, 5.74) is 0.501. The van der Waals surface area contributed by atoms with E-state index < -0.39 is 0 Å². The maximum atomic E-state index is 9.22. The molecule has 0 heterocycles. The zero-order chi connectivity index (χ0) is 11.1. The van der Waals surface area contributed by atoms with Gasteiger partial charge in [0.15, 0.2) is 0 Å². The lowest BCUT2D eigenvalue weighted by Crippen LogP contribution is -1.89. The van der Waals surface area contributed by atoms with Crippen LogP contribution in [0.15, 0.2) is 21.1 Å². The highest BCUT2D eigenvalue weighted by molar-refractivity contribution is 9.11. The molecule has 14 heavy (non-hydrogen) atoms. The molecular formula is C9H10Br2N2O. The van der Waals surface area contributed by atoms with Gasteiger partial charge in [-0.05, 0) is 58.1 Å². The minimum absolute atomic E-state index is 0.115. The van der Waals surface area contributed by atoms with Crippen LogP contribution in [-0.4, -0.2) is 19.2 Å². The molecule has 76 valence electrons. The molecule has 0 radical (unpaired) electrons. The van der Waals surface area contributed by atoms with Crippen molar-refractivity contribution in [2.45, 2.75) is 0 Å². The van der Waals surface area contributed by atoms with Gasteiger partial charge < -0.3 is 10.4 Å². The Hall–Kier alpha value is -0.570. The molecule has 0 aliphatic carbocycles. The average Bonchev–Trinajstić information content (AvgIpc) is 2.14. The van der Waals surface area contributed by atoms with Gasteiger partial charge in [-0.15, -0.1) is 0 Å². The molecule has 0 saturated carbocycles. The van der Waals surface area contributed by atoms with Crippen LogP contribution in [0.3, 0.4) is 0 Å². The Kier molecular flexibility index (Phi) is 6.54. The normalized spacial score (nSPS) is 8.50. The van der Waals surface area contributed by atoms with Gasteiger partial charge in [0.25, 0.3) is 0 Å². The quantitative estimate of drug-likeness (QED) is 0.772. The second-order valence-corrected chi connectivity index (χ2v) is 4.11. The van der Waals surface area contributed by atoms with Crippen molar-refractivity contribution in [3.8, 4) is 11.8 Å². The lowest BCUT2D eigenvalue weighted by Gasteiger charge is -1.99. The van der Waals surface area contributed by atoms with Gasteiger partial charge in [-0.25, -0.2) is 0 Å². The largest absolute Gasteiger partial charge is 0.506 e. The average molecular weight is 322 g/mol. The minimum atomic E-state index is 0.115. The van der Waals surface area contributed by atoms with Crippen molar-refractivity contribution in [1.82, 2.24) is 5.32 Å². The summed E-state index contributed by atoms with van der Waals surface area (Å²) in [7, 11) is 3.75. The van der Waals surface area contributed by atoms with Crippen LogP contribution >= 0.6 is 31.9 Å².